The van der Waals surface area contributed by atoms with Crippen LogP contribution in [0.15, 0.2) is 18.2 Å². The Kier molecular flexibility index (Phi) is 4.00. The van der Waals surface area contributed by atoms with Gasteiger partial charge in [-0.3, -0.25) is 9.59 Å². The fourth-order valence-electron chi connectivity index (χ4n) is 2.47. The largest absolute Gasteiger partial charge is 0.368 e. The van der Waals surface area contributed by atoms with Crippen LogP contribution < -0.4 is 5.32 Å². The Morgan fingerprint density at radius 3 is 2.68 bits per heavy atom. The lowest BCUT2D eigenvalue weighted by Gasteiger charge is -2.16. The minimum Gasteiger partial charge on any atom is -0.368 e. The van der Waals surface area contributed by atoms with Gasteiger partial charge in [-0.2, -0.15) is 0 Å². The molecule has 0 bridgehead atoms. The van der Waals surface area contributed by atoms with E-state index in [0.717, 1.165) is 12.0 Å². The summed E-state index contributed by atoms with van der Waals surface area (Å²) >= 11 is 0. The van der Waals surface area contributed by atoms with Crippen molar-refractivity contribution >= 4 is 17.4 Å². The summed E-state index contributed by atoms with van der Waals surface area (Å²) in [6.45, 7) is 5.99. The lowest BCUT2D eigenvalue weighted by Crippen LogP contribution is -2.31. The SMILES string of the molecule is CC(=O)c1c(C)cccc1NC(=O)[C@@H]1OCC[C@H]1C. The van der Waals surface area contributed by atoms with Crippen LogP contribution in [0.3, 0.4) is 0 Å². The van der Waals surface area contributed by atoms with E-state index in [4.69, 9.17) is 4.74 Å². The van der Waals surface area contributed by atoms with Crippen molar-refractivity contribution in [2.75, 3.05) is 11.9 Å². The number of amides is 1. The summed E-state index contributed by atoms with van der Waals surface area (Å²) in [4.78, 5) is 23.8. The molecule has 1 amide bonds. The summed E-state index contributed by atoms with van der Waals surface area (Å²) in [5, 5.41) is 2.82. The molecule has 1 fully saturated rings. The summed E-state index contributed by atoms with van der Waals surface area (Å²) in [6.07, 6.45) is 0.478. The number of rotatable bonds is 3. The van der Waals surface area contributed by atoms with Gasteiger partial charge < -0.3 is 10.1 Å². The molecule has 1 aromatic carbocycles. The van der Waals surface area contributed by atoms with E-state index in [1.54, 1.807) is 6.07 Å². The second-order valence-electron chi connectivity index (χ2n) is 5.10. The van der Waals surface area contributed by atoms with Gasteiger partial charge in [-0.05, 0) is 37.8 Å². The molecule has 1 N–H and O–H groups in total. The zero-order valence-corrected chi connectivity index (χ0v) is 11.5. The van der Waals surface area contributed by atoms with E-state index >= 15 is 0 Å². The molecule has 0 saturated carbocycles. The number of carbonyl (C=O) groups excluding carboxylic acids is 2. The summed E-state index contributed by atoms with van der Waals surface area (Å²) in [5.41, 5.74) is 2.01. The van der Waals surface area contributed by atoms with E-state index in [1.165, 1.54) is 6.92 Å². The quantitative estimate of drug-likeness (QED) is 0.851. The number of carbonyl (C=O) groups is 2. The normalized spacial score (nSPS) is 22.3. The van der Waals surface area contributed by atoms with Crippen LogP contribution in [0.1, 0.15) is 36.2 Å². The number of hydrogen-bond donors (Lipinski definition) is 1. The van der Waals surface area contributed by atoms with Crippen LogP contribution in [0.5, 0.6) is 0 Å². The predicted molar refractivity (Wildman–Crippen MR) is 73.3 cm³/mol. The molecular weight excluding hydrogens is 242 g/mol. The monoisotopic (exact) mass is 261 g/mol. The fourth-order valence-corrected chi connectivity index (χ4v) is 2.47. The number of anilines is 1. The highest BCUT2D eigenvalue weighted by Gasteiger charge is 2.31. The lowest BCUT2D eigenvalue weighted by atomic mass is 10.0. The zero-order chi connectivity index (χ0) is 14.0. The van der Waals surface area contributed by atoms with Crippen molar-refractivity contribution in [1.82, 2.24) is 0 Å². The molecule has 0 radical (unpaired) electrons. The maximum Gasteiger partial charge on any atom is 0.253 e. The molecule has 1 aliphatic heterocycles. The van der Waals surface area contributed by atoms with Crippen LogP contribution in [0, 0.1) is 12.8 Å². The number of nitrogens with one attached hydrogen (secondary N) is 1. The number of ketones is 1. The highest BCUT2D eigenvalue weighted by atomic mass is 16.5. The summed E-state index contributed by atoms with van der Waals surface area (Å²) in [6, 6.07) is 5.44. The van der Waals surface area contributed by atoms with Crippen LogP contribution >= 0.6 is 0 Å². The van der Waals surface area contributed by atoms with Gasteiger partial charge in [0.2, 0.25) is 0 Å². The molecule has 4 heteroatoms. The van der Waals surface area contributed by atoms with Gasteiger partial charge in [-0.15, -0.1) is 0 Å². The minimum absolute atomic E-state index is 0.0474. The first-order valence-electron chi connectivity index (χ1n) is 6.53. The standard InChI is InChI=1S/C15H19NO3/c1-9-5-4-6-12(13(9)11(3)17)16-15(18)14-10(2)7-8-19-14/h4-6,10,14H,7-8H2,1-3H3,(H,16,18)/t10-,14-/m1/s1. The molecular formula is C15H19NO3. The number of aryl methyl sites for hydroxylation is 1. The van der Waals surface area contributed by atoms with Gasteiger partial charge in [0.25, 0.3) is 5.91 Å². The smallest absolute Gasteiger partial charge is 0.253 e. The summed E-state index contributed by atoms with van der Waals surface area (Å²) in [7, 11) is 0. The van der Waals surface area contributed by atoms with Gasteiger partial charge in [0.15, 0.2) is 5.78 Å². The maximum atomic E-state index is 12.2. The Labute approximate surface area is 113 Å². The third-order valence-corrected chi connectivity index (χ3v) is 3.53. The highest BCUT2D eigenvalue weighted by molar-refractivity contribution is 6.05. The molecule has 0 unspecified atom stereocenters. The summed E-state index contributed by atoms with van der Waals surface area (Å²) < 4.78 is 5.43. The molecule has 0 aromatic heterocycles. The minimum atomic E-state index is -0.416. The zero-order valence-electron chi connectivity index (χ0n) is 11.5. The van der Waals surface area contributed by atoms with Crippen LogP contribution in [0.4, 0.5) is 5.69 Å². The predicted octanol–water partition coefficient (Wildman–Crippen LogP) is 2.56. The Hall–Kier alpha value is -1.68. The van der Waals surface area contributed by atoms with Crippen molar-refractivity contribution in [3.8, 4) is 0 Å². The Bertz CT molecular complexity index is 510. The highest BCUT2D eigenvalue weighted by Crippen LogP contribution is 2.24. The fraction of sp³-hybridized carbons (Fsp3) is 0.467. The van der Waals surface area contributed by atoms with Gasteiger partial charge in [-0.1, -0.05) is 19.1 Å². The van der Waals surface area contributed by atoms with E-state index in [2.05, 4.69) is 5.32 Å². The van der Waals surface area contributed by atoms with Crippen molar-refractivity contribution in [3.05, 3.63) is 29.3 Å². The first-order valence-corrected chi connectivity index (χ1v) is 6.53. The summed E-state index contributed by atoms with van der Waals surface area (Å²) in [5.74, 6) is -0.00234. The van der Waals surface area contributed by atoms with Crippen molar-refractivity contribution in [1.29, 1.82) is 0 Å². The molecule has 102 valence electrons. The van der Waals surface area contributed by atoms with Gasteiger partial charge in [0, 0.05) is 12.2 Å². The van der Waals surface area contributed by atoms with E-state index in [1.807, 2.05) is 26.0 Å². The second kappa shape index (κ2) is 5.53. The molecule has 1 aromatic rings. The maximum absolute atomic E-state index is 12.2. The number of Topliss-reactive ketones (excluding diaryl/α,β-unsaturated/α-hetero) is 1. The molecule has 1 heterocycles. The van der Waals surface area contributed by atoms with Crippen LogP contribution in [0.25, 0.3) is 0 Å². The van der Waals surface area contributed by atoms with Gasteiger partial charge in [0.05, 0.1) is 5.69 Å². The van der Waals surface area contributed by atoms with Crippen molar-refractivity contribution in [3.63, 3.8) is 0 Å². The first-order chi connectivity index (χ1) is 9.00. The molecule has 1 saturated heterocycles. The van der Waals surface area contributed by atoms with Crippen LogP contribution in [-0.2, 0) is 9.53 Å². The van der Waals surface area contributed by atoms with Crippen molar-refractivity contribution < 1.29 is 14.3 Å². The topological polar surface area (TPSA) is 55.4 Å². The average Bonchev–Trinajstić information content (AvgIpc) is 2.75. The molecule has 0 spiro atoms. The second-order valence-corrected chi connectivity index (χ2v) is 5.10. The third-order valence-electron chi connectivity index (χ3n) is 3.53. The van der Waals surface area contributed by atoms with E-state index < -0.39 is 6.10 Å². The molecule has 2 rings (SSSR count). The Morgan fingerprint density at radius 2 is 2.11 bits per heavy atom. The van der Waals surface area contributed by atoms with Gasteiger partial charge in [-0.25, -0.2) is 0 Å². The van der Waals surface area contributed by atoms with E-state index in [9.17, 15) is 9.59 Å². The molecule has 19 heavy (non-hydrogen) atoms. The molecule has 0 aliphatic carbocycles. The van der Waals surface area contributed by atoms with Gasteiger partial charge in [0.1, 0.15) is 6.10 Å². The van der Waals surface area contributed by atoms with Crippen molar-refractivity contribution in [2.24, 2.45) is 5.92 Å². The Morgan fingerprint density at radius 1 is 1.37 bits per heavy atom. The van der Waals surface area contributed by atoms with Crippen molar-refractivity contribution in [2.45, 2.75) is 33.3 Å². The number of ether oxygens (including phenoxy) is 1. The molecule has 4 nitrogen and oxygen atoms in total. The van der Waals surface area contributed by atoms with E-state index in [-0.39, 0.29) is 17.6 Å². The van der Waals surface area contributed by atoms with Crippen LogP contribution in [0.2, 0.25) is 0 Å². The molecule has 1 aliphatic rings. The third kappa shape index (κ3) is 2.84. The number of benzene rings is 1. The average molecular weight is 261 g/mol. The Balaban J connectivity index is 2.21. The lowest BCUT2D eigenvalue weighted by molar-refractivity contribution is -0.126. The number of hydrogen-bond acceptors (Lipinski definition) is 3. The molecule has 2 atom stereocenters. The van der Waals surface area contributed by atoms with Gasteiger partial charge >= 0.3 is 0 Å². The first kappa shape index (κ1) is 13.7. The van der Waals surface area contributed by atoms with Crippen LogP contribution in [-0.4, -0.2) is 24.4 Å². The van der Waals surface area contributed by atoms with E-state index in [0.29, 0.717) is 17.9 Å².